The molecular formula is C10H12BrNO4. The molecule has 0 bridgehead atoms. The molecule has 1 N–H and O–H groups in total. The molecule has 0 aliphatic heterocycles. The molecular weight excluding hydrogens is 278 g/mol. The SMILES string of the molecule is Cc1cccc(OCC(O)CBr)c1[N+](=O)[O-]. The van der Waals surface area contributed by atoms with E-state index in [4.69, 9.17) is 4.74 Å². The molecule has 1 rings (SSSR count). The third-order valence-corrected chi connectivity index (χ3v) is 2.74. The number of aliphatic hydroxyl groups is 1. The highest BCUT2D eigenvalue weighted by Crippen LogP contribution is 2.30. The molecule has 0 saturated carbocycles. The summed E-state index contributed by atoms with van der Waals surface area (Å²) in [5.74, 6) is 0.185. The van der Waals surface area contributed by atoms with Gasteiger partial charge in [-0.15, -0.1) is 0 Å². The molecule has 1 atom stereocenters. The quantitative estimate of drug-likeness (QED) is 0.511. The number of para-hydroxylation sites is 1. The fraction of sp³-hybridized carbons (Fsp3) is 0.400. The second-order valence-electron chi connectivity index (χ2n) is 3.30. The Kier molecular flexibility index (Phi) is 4.70. The molecule has 1 unspecified atom stereocenters. The number of halogens is 1. The second-order valence-corrected chi connectivity index (χ2v) is 3.95. The van der Waals surface area contributed by atoms with Crippen molar-refractivity contribution in [2.45, 2.75) is 13.0 Å². The Labute approximate surface area is 101 Å². The van der Waals surface area contributed by atoms with E-state index >= 15 is 0 Å². The van der Waals surface area contributed by atoms with Crippen molar-refractivity contribution in [1.29, 1.82) is 0 Å². The van der Waals surface area contributed by atoms with Gasteiger partial charge in [0.1, 0.15) is 6.61 Å². The van der Waals surface area contributed by atoms with Gasteiger partial charge in [0.05, 0.1) is 11.0 Å². The summed E-state index contributed by atoms with van der Waals surface area (Å²) in [7, 11) is 0. The zero-order valence-electron chi connectivity index (χ0n) is 8.72. The van der Waals surface area contributed by atoms with Gasteiger partial charge in [-0.3, -0.25) is 10.1 Å². The molecule has 0 aliphatic rings. The number of aryl methyl sites for hydroxylation is 1. The number of nitrogens with zero attached hydrogens (tertiary/aromatic N) is 1. The minimum Gasteiger partial charge on any atom is -0.484 e. The van der Waals surface area contributed by atoms with Gasteiger partial charge in [0.15, 0.2) is 5.75 Å². The van der Waals surface area contributed by atoms with Crippen LogP contribution in [0.4, 0.5) is 5.69 Å². The van der Waals surface area contributed by atoms with Crippen LogP contribution in [0.3, 0.4) is 0 Å². The lowest BCUT2D eigenvalue weighted by Crippen LogP contribution is -2.19. The van der Waals surface area contributed by atoms with Gasteiger partial charge in [-0.25, -0.2) is 0 Å². The van der Waals surface area contributed by atoms with Gasteiger partial charge in [-0.2, -0.15) is 0 Å². The topological polar surface area (TPSA) is 72.6 Å². The van der Waals surface area contributed by atoms with Crippen LogP contribution < -0.4 is 4.74 Å². The predicted octanol–water partition coefficient (Wildman–Crippen LogP) is 2.04. The van der Waals surface area contributed by atoms with Gasteiger partial charge >= 0.3 is 5.69 Å². The van der Waals surface area contributed by atoms with Gasteiger partial charge in [0.2, 0.25) is 0 Å². The minimum absolute atomic E-state index is 0.0234. The summed E-state index contributed by atoms with van der Waals surface area (Å²) in [6.45, 7) is 1.67. The Morgan fingerprint density at radius 1 is 1.62 bits per heavy atom. The first kappa shape index (κ1) is 12.9. The van der Waals surface area contributed by atoms with Crippen LogP contribution in [0.2, 0.25) is 0 Å². The van der Waals surface area contributed by atoms with E-state index in [1.165, 1.54) is 6.07 Å². The van der Waals surface area contributed by atoms with E-state index in [2.05, 4.69) is 15.9 Å². The highest BCUT2D eigenvalue weighted by molar-refractivity contribution is 9.09. The largest absolute Gasteiger partial charge is 0.484 e. The number of nitro benzene ring substituents is 1. The Morgan fingerprint density at radius 3 is 2.88 bits per heavy atom. The van der Waals surface area contributed by atoms with Crippen LogP contribution in [0.5, 0.6) is 5.75 Å². The Balaban J connectivity index is 2.87. The van der Waals surface area contributed by atoms with E-state index in [0.717, 1.165) is 0 Å². The summed E-state index contributed by atoms with van der Waals surface area (Å²) >= 11 is 3.09. The van der Waals surface area contributed by atoms with Crippen LogP contribution in [0.15, 0.2) is 18.2 Å². The van der Waals surface area contributed by atoms with Crippen molar-refractivity contribution < 1.29 is 14.8 Å². The first-order chi connectivity index (χ1) is 7.56. The Morgan fingerprint density at radius 2 is 2.31 bits per heavy atom. The maximum Gasteiger partial charge on any atom is 0.313 e. The van der Waals surface area contributed by atoms with Crippen molar-refractivity contribution in [3.8, 4) is 5.75 Å². The fourth-order valence-corrected chi connectivity index (χ4v) is 1.40. The van der Waals surface area contributed by atoms with Crippen LogP contribution in [0, 0.1) is 17.0 Å². The molecule has 1 aromatic rings. The Hall–Kier alpha value is -1.14. The Bertz CT molecular complexity index is 383. The van der Waals surface area contributed by atoms with E-state index in [0.29, 0.717) is 10.9 Å². The van der Waals surface area contributed by atoms with Crippen molar-refractivity contribution in [3.63, 3.8) is 0 Å². The fourth-order valence-electron chi connectivity index (χ4n) is 1.21. The van der Waals surface area contributed by atoms with E-state index in [1.54, 1.807) is 19.1 Å². The van der Waals surface area contributed by atoms with E-state index < -0.39 is 11.0 Å². The van der Waals surface area contributed by atoms with Crippen molar-refractivity contribution in [1.82, 2.24) is 0 Å². The number of nitro groups is 1. The first-order valence-electron chi connectivity index (χ1n) is 4.67. The predicted molar refractivity (Wildman–Crippen MR) is 63.1 cm³/mol. The lowest BCUT2D eigenvalue weighted by molar-refractivity contribution is -0.386. The molecule has 0 radical (unpaired) electrons. The zero-order valence-corrected chi connectivity index (χ0v) is 10.3. The molecule has 0 saturated heterocycles. The number of alkyl halides is 1. The average molecular weight is 290 g/mol. The van der Waals surface area contributed by atoms with E-state index in [1.807, 2.05) is 0 Å². The standard InChI is InChI=1S/C10H12BrNO4/c1-7-3-2-4-9(10(7)12(14)15)16-6-8(13)5-11/h2-4,8,13H,5-6H2,1H3. The minimum atomic E-state index is -0.680. The molecule has 0 fully saturated rings. The van der Waals surface area contributed by atoms with Crippen LogP contribution in [-0.2, 0) is 0 Å². The number of benzene rings is 1. The summed E-state index contributed by atoms with van der Waals surface area (Å²) in [5.41, 5.74) is 0.486. The van der Waals surface area contributed by atoms with Gasteiger partial charge in [0.25, 0.3) is 0 Å². The molecule has 6 heteroatoms. The lowest BCUT2D eigenvalue weighted by Gasteiger charge is -2.10. The van der Waals surface area contributed by atoms with Gasteiger partial charge in [-0.1, -0.05) is 28.1 Å². The summed E-state index contributed by atoms with van der Waals surface area (Å²) < 4.78 is 5.21. The third-order valence-electron chi connectivity index (χ3n) is 1.99. The number of ether oxygens (including phenoxy) is 1. The molecule has 0 spiro atoms. The number of hydrogen-bond acceptors (Lipinski definition) is 4. The van der Waals surface area contributed by atoms with Gasteiger partial charge in [-0.05, 0) is 13.0 Å². The van der Waals surface area contributed by atoms with Crippen molar-refractivity contribution in [2.24, 2.45) is 0 Å². The van der Waals surface area contributed by atoms with Crippen LogP contribution in [0.1, 0.15) is 5.56 Å². The maximum absolute atomic E-state index is 10.8. The van der Waals surface area contributed by atoms with E-state index in [9.17, 15) is 15.2 Å². The van der Waals surface area contributed by atoms with Crippen molar-refractivity contribution in [2.75, 3.05) is 11.9 Å². The summed E-state index contributed by atoms with van der Waals surface area (Å²) in [4.78, 5) is 10.3. The van der Waals surface area contributed by atoms with Crippen molar-refractivity contribution >= 4 is 21.6 Å². The van der Waals surface area contributed by atoms with Crippen LogP contribution >= 0.6 is 15.9 Å². The second kappa shape index (κ2) is 5.81. The molecule has 0 aromatic heterocycles. The first-order valence-corrected chi connectivity index (χ1v) is 5.79. The van der Waals surface area contributed by atoms with Crippen LogP contribution in [-0.4, -0.2) is 28.1 Å². The third kappa shape index (κ3) is 3.18. The molecule has 0 heterocycles. The highest BCUT2D eigenvalue weighted by atomic mass is 79.9. The summed E-state index contributed by atoms with van der Waals surface area (Å²) in [6, 6.07) is 4.84. The lowest BCUT2D eigenvalue weighted by atomic mass is 10.2. The monoisotopic (exact) mass is 289 g/mol. The smallest absolute Gasteiger partial charge is 0.313 e. The summed E-state index contributed by atoms with van der Waals surface area (Å²) in [5, 5.41) is 20.5. The van der Waals surface area contributed by atoms with E-state index in [-0.39, 0.29) is 18.0 Å². The van der Waals surface area contributed by atoms with Gasteiger partial charge < -0.3 is 9.84 Å². The highest BCUT2D eigenvalue weighted by Gasteiger charge is 2.18. The maximum atomic E-state index is 10.8. The summed E-state index contributed by atoms with van der Waals surface area (Å²) in [6.07, 6.45) is -0.680. The van der Waals surface area contributed by atoms with Crippen molar-refractivity contribution in [3.05, 3.63) is 33.9 Å². The molecule has 88 valence electrons. The number of hydrogen-bond donors (Lipinski definition) is 1. The molecule has 1 aromatic carbocycles. The number of rotatable bonds is 5. The molecule has 0 aliphatic carbocycles. The molecule has 16 heavy (non-hydrogen) atoms. The van der Waals surface area contributed by atoms with Crippen LogP contribution in [0.25, 0.3) is 0 Å². The number of aliphatic hydroxyl groups excluding tert-OH is 1. The zero-order chi connectivity index (χ0) is 12.1. The average Bonchev–Trinajstić information content (AvgIpc) is 2.25. The molecule has 0 amide bonds. The molecule has 5 nitrogen and oxygen atoms in total. The van der Waals surface area contributed by atoms with Gasteiger partial charge in [0, 0.05) is 10.9 Å². The normalized spacial score (nSPS) is 12.2.